The molecule has 0 atom stereocenters. The molecule has 0 amide bonds. The van der Waals surface area contributed by atoms with Crippen molar-refractivity contribution in [1.82, 2.24) is 29.7 Å². The fourth-order valence-corrected chi connectivity index (χ4v) is 4.53. The minimum atomic E-state index is 0.425. The Kier molecular flexibility index (Phi) is 6.34. The van der Waals surface area contributed by atoms with Crippen molar-refractivity contribution >= 4 is 31.9 Å². The molecule has 0 unspecified atom stereocenters. The predicted octanol–water partition coefficient (Wildman–Crippen LogP) is 5.46. The number of halogens is 2. The van der Waals surface area contributed by atoms with Gasteiger partial charge in [-0.25, -0.2) is 9.35 Å². The summed E-state index contributed by atoms with van der Waals surface area (Å²) in [5, 5.41) is 16.9. The Labute approximate surface area is 233 Å². The fourth-order valence-electron chi connectivity index (χ4n) is 4.00. The number of aryl methyl sites for hydroxylation is 2. The first-order valence-corrected chi connectivity index (χ1v) is 13.2. The molecule has 10 nitrogen and oxygen atoms in total. The van der Waals surface area contributed by atoms with Gasteiger partial charge in [0.15, 0.2) is 23.2 Å². The largest absolute Gasteiger partial charge is 0.453 e. The number of nitrogens with zero attached hydrogens (tertiary/aromatic N) is 6. The van der Waals surface area contributed by atoms with Crippen LogP contribution < -0.4 is 11.7 Å². The Morgan fingerprint density at radius 2 is 0.895 bits per heavy atom. The number of nitrogens with two attached hydrogens (primary N) is 2. The van der Waals surface area contributed by atoms with Crippen LogP contribution in [0.25, 0.3) is 45.8 Å². The van der Waals surface area contributed by atoms with Crippen molar-refractivity contribution in [1.29, 1.82) is 0 Å². The molecule has 6 rings (SSSR count). The molecule has 0 fully saturated rings. The summed E-state index contributed by atoms with van der Waals surface area (Å²) in [7, 11) is 0. The summed E-state index contributed by atoms with van der Waals surface area (Å²) in [6.07, 6.45) is 0.892. The van der Waals surface area contributed by atoms with Crippen molar-refractivity contribution < 1.29 is 8.83 Å². The zero-order valence-corrected chi connectivity index (χ0v) is 22.9. The van der Waals surface area contributed by atoms with Gasteiger partial charge in [0.05, 0.1) is 0 Å². The van der Waals surface area contributed by atoms with Gasteiger partial charge in [-0.1, -0.05) is 56.1 Å². The van der Waals surface area contributed by atoms with Gasteiger partial charge in [-0.2, -0.15) is 0 Å². The molecule has 0 bridgehead atoms. The van der Waals surface area contributed by atoms with Crippen molar-refractivity contribution in [2.75, 3.05) is 11.7 Å². The number of furan rings is 2. The Bertz CT molecular complexity index is 1590. The van der Waals surface area contributed by atoms with Crippen LogP contribution >= 0.6 is 31.9 Å². The molecule has 190 valence electrons. The van der Waals surface area contributed by atoms with Gasteiger partial charge in [0, 0.05) is 32.9 Å². The molecule has 2 aromatic carbocycles. The zero-order chi connectivity index (χ0) is 26.2. The van der Waals surface area contributed by atoms with E-state index >= 15 is 0 Å². The third-order valence-corrected chi connectivity index (χ3v) is 7.07. The second kappa shape index (κ2) is 9.95. The lowest BCUT2D eigenvalue weighted by Gasteiger charge is -2.04. The third kappa shape index (κ3) is 4.63. The lowest BCUT2D eigenvalue weighted by molar-refractivity contribution is 0.588. The standard InChI is InChI=1S/C26H20Br2N8O2/c27-17-5-1-15(2-6-17)19-9-11-21(37-19)25-33-31-23(35(25)29)13-14-24-32-34-26(36(24)30)22-12-10-20(38-22)16-3-7-18(28)8-4-16/h1-12H,13-14,29-30H2. The zero-order valence-electron chi connectivity index (χ0n) is 19.8. The number of benzene rings is 2. The molecule has 0 aliphatic heterocycles. The van der Waals surface area contributed by atoms with Gasteiger partial charge in [0.2, 0.25) is 11.6 Å². The summed E-state index contributed by atoms with van der Waals surface area (Å²) < 4.78 is 16.8. The maximum Gasteiger partial charge on any atom is 0.218 e. The monoisotopic (exact) mass is 634 g/mol. The highest BCUT2D eigenvalue weighted by atomic mass is 79.9. The van der Waals surface area contributed by atoms with E-state index < -0.39 is 0 Å². The summed E-state index contributed by atoms with van der Waals surface area (Å²) >= 11 is 6.88. The van der Waals surface area contributed by atoms with Gasteiger partial charge >= 0.3 is 0 Å². The smallest absolute Gasteiger partial charge is 0.218 e. The van der Waals surface area contributed by atoms with Crippen LogP contribution in [0.2, 0.25) is 0 Å². The highest BCUT2D eigenvalue weighted by Crippen LogP contribution is 2.30. The number of hydrogen-bond acceptors (Lipinski definition) is 8. The molecule has 0 radical (unpaired) electrons. The molecule has 38 heavy (non-hydrogen) atoms. The topological polar surface area (TPSA) is 140 Å². The van der Waals surface area contributed by atoms with Crippen molar-refractivity contribution in [3.63, 3.8) is 0 Å². The van der Waals surface area contributed by atoms with Gasteiger partial charge in [0.1, 0.15) is 11.5 Å². The first-order valence-electron chi connectivity index (χ1n) is 11.6. The Morgan fingerprint density at radius 1 is 0.526 bits per heavy atom. The average molecular weight is 636 g/mol. The van der Waals surface area contributed by atoms with E-state index in [4.69, 9.17) is 20.5 Å². The number of aromatic nitrogens is 6. The quantitative estimate of drug-likeness (QED) is 0.220. The SMILES string of the molecule is Nn1c(CCc2nnc(-c3ccc(-c4ccc(Br)cc4)o3)n2N)nnc1-c1ccc(-c2ccc(Br)cc2)o1. The first kappa shape index (κ1) is 24.2. The molecule has 4 N–H and O–H groups in total. The van der Waals surface area contributed by atoms with Gasteiger partial charge < -0.3 is 20.5 Å². The normalized spacial score (nSPS) is 11.3. The first-order chi connectivity index (χ1) is 18.5. The second-order valence-corrected chi connectivity index (χ2v) is 10.3. The molecule has 0 spiro atoms. The van der Waals surface area contributed by atoms with E-state index in [1.54, 1.807) is 0 Å². The minimum Gasteiger partial charge on any atom is -0.453 e. The summed E-state index contributed by atoms with van der Waals surface area (Å²) in [5.74, 6) is 17.0. The summed E-state index contributed by atoms with van der Waals surface area (Å²) in [6.45, 7) is 0. The second-order valence-electron chi connectivity index (χ2n) is 8.46. The molecule has 0 saturated carbocycles. The van der Waals surface area contributed by atoms with E-state index in [1.165, 1.54) is 9.35 Å². The summed E-state index contributed by atoms with van der Waals surface area (Å²) in [6, 6.07) is 23.1. The highest BCUT2D eigenvalue weighted by Gasteiger charge is 2.19. The van der Waals surface area contributed by atoms with Gasteiger partial charge in [-0.05, 0) is 48.5 Å². The van der Waals surface area contributed by atoms with Crippen molar-refractivity contribution in [3.05, 3.63) is 93.4 Å². The number of nitrogen functional groups attached to an aromatic ring is 2. The van der Waals surface area contributed by atoms with E-state index in [-0.39, 0.29) is 0 Å². The van der Waals surface area contributed by atoms with Gasteiger partial charge in [-0.15, -0.1) is 20.4 Å². The van der Waals surface area contributed by atoms with E-state index in [2.05, 4.69) is 52.3 Å². The van der Waals surface area contributed by atoms with Crippen molar-refractivity contribution in [2.24, 2.45) is 0 Å². The average Bonchev–Trinajstić information content (AvgIpc) is 3.71. The van der Waals surface area contributed by atoms with Crippen LogP contribution in [0.15, 0.2) is 90.6 Å². The van der Waals surface area contributed by atoms with Gasteiger partial charge in [-0.3, -0.25) is 0 Å². The Balaban J connectivity index is 1.16. The van der Waals surface area contributed by atoms with Crippen LogP contribution in [-0.4, -0.2) is 29.7 Å². The molecule has 0 aliphatic rings. The Hall–Kier alpha value is -4.16. The molecule has 0 aliphatic carbocycles. The number of hydrogen-bond donors (Lipinski definition) is 2. The van der Waals surface area contributed by atoms with Crippen LogP contribution in [0.1, 0.15) is 11.6 Å². The van der Waals surface area contributed by atoms with E-state index in [0.29, 0.717) is 59.2 Å². The fraction of sp³-hybridized carbons (Fsp3) is 0.0769. The molecular weight excluding hydrogens is 616 g/mol. The molecule has 12 heteroatoms. The molecule has 4 aromatic heterocycles. The lowest BCUT2D eigenvalue weighted by atomic mass is 10.2. The maximum absolute atomic E-state index is 6.30. The van der Waals surface area contributed by atoms with Crippen LogP contribution in [0.4, 0.5) is 0 Å². The van der Waals surface area contributed by atoms with Crippen molar-refractivity contribution in [2.45, 2.75) is 12.8 Å². The third-order valence-electron chi connectivity index (χ3n) is 6.02. The van der Waals surface area contributed by atoms with E-state index in [1.807, 2.05) is 72.8 Å². The van der Waals surface area contributed by atoms with Crippen LogP contribution in [-0.2, 0) is 12.8 Å². The maximum atomic E-state index is 6.30. The highest BCUT2D eigenvalue weighted by molar-refractivity contribution is 9.10. The molecule has 0 saturated heterocycles. The lowest BCUT2D eigenvalue weighted by Crippen LogP contribution is -2.18. The summed E-state index contributed by atoms with van der Waals surface area (Å²) in [5.41, 5.74) is 1.89. The minimum absolute atomic E-state index is 0.425. The summed E-state index contributed by atoms with van der Waals surface area (Å²) in [4.78, 5) is 0. The molecule has 4 heterocycles. The van der Waals surface area contributed by atoms with Crippen molar-refractivity contribution in [3.8, 4) is 45.8 Å². The molecular formula is C26H20Br2N8O2. The van der Waals surface area contributed by atoms with E-state index in [9.17, 15) is 0 Å². The Morgan fingerprint density at radius 3 is 1.29 bits per heavy atom. The molecule has 6 aromatic rings. The van der Waals surface area contributed by atoms with E-state index in [0.717, 1.165) is 20.1 Å². The van der Waals surface area contributed by atoms with Crippen LogP contribution in [0.3, 0.4) is 0 Å². The van der Waals surface area contributed by atoms with Crippen LogP contribution in [0, 0.1) is 0 Å². The van der Waals surface area contributed by atoms with Gasteiger partial charge in [0.25, 0.3) is 0 Å². The van der Waals surface area contributed by atoms with Crippen LogP contribution in [0.5, 0.6) is 0 Å². The predicted molar refractivity (Wildman–Crippen MR) is 149 cm³/mol. The number of rotatable bonds is 7.